The normalized spacial score (nSPS) is 10.3. The fraction of sp³-hybridized carbons (Fsp3) is 0. The van der Waals surface area contributed by atoms with Crippen LogP contribution in [-0.2, 0) is 0 Å². The summed E-state index contributed by atoms with van der Waals surface area (Å²) in [5, 5.41) is 18.6. The van der Waals surface area contributed by atoms with Crippen LogP contribution in [0.2, 0.25) is 0 Å². The van der Waals surface area contributed by atoms with Crippen LogP contribution in [-0.4, -0.2) is 17.8 Å². The Kier molecular flexibility index (Phi) is 5.56. The number of carbonyl (C=O) groups is 1. The van der Waals surface area contributed by atoms with Crippen molar-refractivity contribution in [1.82, 2.24) is 0 Å². The molecule has 1 amide bonds. The molecule has 0 fully saturated rings. The van der Waals surface area contributed by atoms with Crippen molar-refractivity contribution in [2.75, 3.05) is 16.8 Å². The number of nitrogen functional groups attached to an aromatic ring is 2. The molecule has 0 bridgehead atoms. The first-order valence-corrected chi connectivity index (χ1v) is 9.14. The zero-order chi connectivity index (χ0) is 20.3. The van der Waals surface area contributed by atoms with Crippen LogP contribution in [0.5, 0.6) is 0 Å². The molecule has 0 aliphatic rings. The van der Waals surface area contributed by atoms with Crippen LogP contribution >= 0.6 is 15.9 Å². The molecule has 7 N–H and O–H groups in total. The largest absolute Gasteiger partial charge is 0.398 e. The van der Waals surface area contributed by atoms with Crippen molar-refractivity contribution in [2.24, 2.45) is 0 Å². The van der Waals surface area contributed by atoms with Crippen LogP contribution in [0.15, 0.2) is 65.1 Å². The summed E-state index contributed by atoms with van der Waals surface area (Å²) in [6.07, 6.45) is 1.13. The molecule has 0 saturated carbocycles. The van der Waals surface area contributed by atoms with Crippen molar-refractivity contribution in [3.05, 3.63) is 87.4 Å². The first-order valence-electron chi connectivity index (χ1n) is 8.35. The van der Waals surface area contributed by atoms with Crippen LogP contribution in [0.4, 0.5) is 17.1 Å². The van der Waals surface area contributed by atoms with E-state index in [-0.39, 0.29) is 11.6 Å². The molecule has 3 aromatic rings. The van der Waals surface area contributed by atoms with Crippen molar-refractivity contribution < 1.29 is 4.79 Å². The van der Waals surface area contributed by atoms with E-state index in [2.05, 4.69) is 21.2 Å². The Morgan fingerprint density at radius 1 is 0.964 bits per heavy atom. The summed E-state index contributed by atoms with van der Waals surface area (Å²) in [6.45, 7) is 0. The molecule has 0 radical (unpaired) electrons. The minimum atomic E-state index is -0.364. The maximum Gasteiger partial charge on any atom is 0.256 e. The van der Waals surface area contributed by atoms with Gasteiger partial charge in [-0.2, -0.15) is 0 Å². The summed E-state index contributed by atoms with van der Waals surface area (Å²) in [5.74, 6) is -0.364. The molecule has 0 saturated heterocycles. The Bertz CT molecular complexity index is 1080. The van der Waals surface area contributed by atoms with Gasteiger partial charge in [-0.3, -0.25) is 10.2 Å². The number of halogens is 1. The molecule has 6 nitrogen and oxygen atoms in total. The average Bonchev–Trinajstić information content (AvgIpc) is 2.70. The monoisotopic (exact) mass is 435 g/mol. The van der Waals surface area contributed by atoms with Gasteiger partial charge in [-0.15, -0.1) is 0 Å². The molecule has 28 heavy (non-hydrogen) atoms. The van der Waals surface area contributed by atoms with Gasteiger partial charge in [0.05, 0.1) is 11.3 Å². The van der Waals surface area contributed by atoms with Crippen LogP contribution in [0.25, 0.3) is 0 Å². The van der Waals surface area contributed by atoms with E-state index in [1.165, 1.54) is 6.07 Å². The zero-order valence-electron chi connectivity index (χ0n) is 14.8. The van der Waals surface area contributed by atoms with E-state index in [1.807, 2.05) is 30.3 Å². The second kappa shape index (κ2) is 8.06. The highest BCUT2D eigenvalue weighted by Crippen LogP contribution is 2.26. The van der Waals surface area contributed by atoms with E-state index in [4.69, 9.17) is 22.3 Å². The van der Waals surface area contributed by atoms with E-state index >= 15 is 0 Å². The number of hydrogen-bond acceptors (Lipinski definition) is 5. The molecule has 0 spiro atoms. The number of amides is 1. The molecule has 0 heterocycles. The zero-order valence-corrected chi connectivity index (χ0v) is 16.4. The summed E-state index contributed by atoms with van der Waals surface area (Å²) in [6, 6.07) is 17.4. The maximum atomic E-state index is 12.7. The minimum absolute atomic E-state index is 0.273. The molecule has 0 unspecified atom stereocenters. The predicted molar refractivity (Wildman–Crippen MR) is 118 cm³/mol. The quantitative estimate of drug-likeness (QED) is 0.302. The van der Waals surface area contributed by atoms with E-state index in [0.717, 1.165) is 11.8 Å². The van der Waals surface area contributed by atoms with E-state index in [9.17, 15) is 4.79 Å². The molecule has 7 heteroatoms. The summed E-state index contributed by atoms with van der Waals surface area (Å²) < 4.78 is 0.533. The van der Waals surface area contributed by atoms with Gasteiger partial charge in [-0.25, -0.2) is 0 Å². The Morgan fingerprint density at radius 2 is 1.68 bits per heavy atom. The third kappa shape index (κ3) is 3.94. The van der Waals surface area contributed by atoms with Crippen molar-refractivity contribution >= 4 is 50.8 Å². The number of anilines is 3. The van der Waals surface area contributed by atoms with Crippen molar-refractivity contribution in [3.63, 3.8) is 0 Å². The highest BCUT2D eigenvalue weighted by molar-refractivity contribution is 9.10. The van der Waals surface area contributed by atoms with Gasteiger partial charge < -0.3 is 22.2 Å². The summed E-state index contributed by atoms with van der Waals surface area (Å²) >= 11 is 3.34. The topological polar surface area (TPSA) is 129 Å². The number of nitrogens with one attached hydrogen (secondary N) is 3. The molecular weight excluding hydrogens is 418 g/mol. The van der Waals surface area contributed by atoms with Gasteiger partial charge >= 0.3 is 0 Å². The highest BCUT2D eigenvalue weighted by Gasteiger charge is 2.15. The molecule has 0 atom stereocenters. The van der Waals surface area contributed by atoms with E-state index in [1.54, 1.807) is 24.3 Å². The Morgan fingerprint density at radius 3 is 2.36 bits per heavy atom. The third-order valence-corrected chi connectivity index (χ3v) is 4.87. The van der Waals surface area contributed by atoms with Crippen LogP contribution in [0.3, 0.4) is 0 Å². The maximum absolute atomic E-state index is 12.7. The molecule has 0 aliphatic carbocycles. The van der Waals surface area contributed by atoms with E-state index < -0.39 is 0 Å². The number of hydrogen-bond donors (Lipinski definition) is 5. The van der Waals surface area contributed by atoms with Crippen LogP contribution < -0.4 is 16.8 Å². The van der Waals surface area contributed by atoms with Gasteiger partial charge in [0.2, 0.25) is 0 Å². The lowest BCUT2D eigenvalue weighted by Crippen LogP contribution is -2.14. The third-order valence-electron chi connectivity index (χ3n) is 4.22. The van der Waals surface area contributed by atoms with Crippen LogP contribution in [0, 0.1) is 10.8 Å². The fourth-order valence-corrected chi connectivity index (χ4v) is 3.25. The van der Waals surface area contributed by atoms with Gasteiger partial charge in [-0.1, -0.05) is 30.3 Å². The summed E-state index contributed by atoms with van der Waals surface area (Å²) in [5.41, 5.74) is 15.6. The lowest BCUT2D eigenvalue weighted by molar-refractivity contribution is 0.102. The molecule has 140 valence electrons. The van der Waals surface area contributed by atoms with Crippen molar-refractivity contribution in [1.29, 1.82) is 10.8 Å². The van der Waals surface area contributed by atoms with Crippen molar-refractivity contribution in [3.8, 4) is 0 Å². The molecule has 3 aromatic carbocycles. The minimum Gasteiger partial charge on any atom is -0.398 e. The Hall–Kier alpha value is -3.45. The predicted octanol–water partition coefficient (Wildman–Crippen LogP) is 4.28. The first kappa shape index (κ1) is 19.3. The van der Waals surface area contributed by atoms with Crippen molar-refractivity contribution in [2.45, 2.75) is 0 Å². The van der Waals surface area contributed by atoms with Gasteiger partial charge in [0.15, 0.2) is 0 Å². The van der Waals surface area contributed by atoms with Gasteiger partial charge in [0.25, 0.3) is 5.91 Å². The van der Waals surface area contributed by atoms with E-state index in [0.29, 0.717) is 38.2 Å². The number of nitrogens with two attached hydrogens (primary N) is 2. The molecule has 0 aliphatic heterocycles. The lowest BCUT2D eigenvalue weighted by Gasteiger charge is -2.13. The standard InChI is InChI=1S/C21H18BrN5O/c22-17-8-13(11-23)19(25)10-15(17)21(28)27-14-6-7-18(24)16(9-14)20(26)12-4-2-1-3-5-12/h1-11,23,26H,24-25H2,(H,27,28). The average molecular weight is 436 g/mol. The SMILES string of the molecule is N=Cc1cc(Br)c(C(=O)Nc2ccc(N)c(C(=N)c3ccccc3)c2)cc1N. The van der Waals surface area contributed by atoms with Gasteiger partial charge in [-0.05, 0) is 46.3 Å². The molecular formula is C21H18BrN5O. The highest BCUT2D eigenvalue weighted by atomic mass is 79.9. The van der Waals surface area contributed by atoms with Crippen LogP contribution in [0.1, 0.15) is 27.0 Å². The number of rotatable bonds is 5. The Balaban J connectivity index is 1.90. The summed E-state index contributed by atoms with van der Waals surface area (Å²) in [7, 11) is 0. The second-order valence-corrected chi connectivity index (χ2v) is 6.96. The first-order chi connectivity index (χ1) is 13.4. The lowest BCUT2D eigenvalue weighted by atomic mass is 10.0. The Labute approximate surface area is 170 Å². The smallest absolute Gasteiger partial charge is 0.256 e. The molecule has 3 rings (SSSR count). The van der Waals surface area contributed by atoms with Gasteiger partial charge in [0.1, 0.15) is 0 Å². The second-order valence-electron chi connectivity index (χ2n) is 6.10. The van der Waals surface area contributed by atoms with Gasteiger partial charge in [0, 0.05) is 44.4 Å². The number of carbonyl (C=O) groups excluding carboxylic acids is 1. The summed E-state index contributed by atoms with van der Waals surface area (Å²) in [4.78, 5) is 12.7. The number of benzene rings is 3. The fourth-order valence-electron chi connectivity index (χ4n) is 2.71. The molecule has 0 aromatic heterocycles.